The Hall–Kier alpha value is 0.217. The van der Waals surface area contributed by atoms with Gasteiger partial charge in [0.15, 0.2) is 0 Å². The van der Waals surface area contributed by atoms with Crippen molar-refractivity contribution in [3.8, 4) is 0 Å². The lowest BCUT2D eigenvalue weighted by molar-refractivity contribution is 0.480. The van der Waals surface area contributed by atoms with E-state index in [1.165, 1.54) is 18.9 Å². The standard InChI is InChI=1S/C10H24Si/c1-6-7-11-10(4,5)8-9(2)3/h9H,6-8,11H2,1-5H3. The molecule has 0 fully saturated rings. The summed E-state index contributed by atoms with van der Waals surface area (Å²) in [6, 6.07) is 1.53. The lowest BCUT2D eigenvalue weighted by Gasteiger charge is -2.25. The molecule has 0 aliphatic rings. The molecule has 0 aromatic carbocycles. The highest BCUT2D eigenvalue weighted by atomic mass is 28.2. The van der Waals surface area contributed by atoms with Crippen molar-refractivity contribution < 1.29 is 0 Å². The second-order valence-electron chi connectivity index (χ2n) is 4.87. The van der Waals surface area contributed by atoms with E-state index in [9.17, 15) is 0 Å². The maximum absolute atomic E-state index is 2.45. The predicted octanol–water partition coefficient (Wildman–Crippen LogP) is 3.23. The molecule has 0 heterocycles. The van der Waals surface area contributed by atoms with Gasteiger partial charge in [0.2, 0.25) is 0 Å². The lowest BCUT2D eigenvalue weighted by Crippen LogP contribution is -2.14. The van der Waals surface area contributed by atoms with Crippen LogP contribution in [0, 0.1) is 5.92 Å². The molecule has 0 radical (unpaired) electrons. The molecule has 11 heavy (non-hydrogen) atoms. The molecule has 0 spiro atoms. The summed E-state index contributed by atoms with van der Waals surface area (Å²) in [6.45, 7) is 11.9. The molecule has 0 saturated carbocycles. The summed E-state index contributed by atoms with van der Waals surface area (Å²) < 4.78 is 0. The van der Waals surface area contributed by atoms with Gasteiger partial charge >= 0.3 is 0 Å². The predicted molar refractivity (Wildman–Crippen MR) is 57.1 cm³/mol. The first-order chi connectivity index (χ1) is 4.98. The molecule has 0 amide bonds. The van der Waals surface area contributed by atoms with Crippen LogP contribution in [0.2, 0.25) is 11.1 Å². The molecule has 0 nitrogen and oxygen atoms in total. The Morgan fingerprint density at radius 1 is 1.27 bits per heavy atom. The average molecular weight is 172 g/mol. The largest absolute Gasteiger partial charge is 0.0657 e. The summed E-state index contributed by atoms with van der Waals surface area (Å²) in [4.78, 5) is 0. The fraction of sp³-hybridized carbons (Fsp3) is 1.00. The van der Waals surface area contributed by atoms with Crippen molar-refractivity contribution in [3.05, 3.63) is 0 Å². The highest BCUT2D eigenvalue weighted by Gasteiger charge is 2.18. The summed E-state index contributed by atoms with van der Waals surface area (Å²) in [5.41, 5.74) is 0. The third-order valence-corrected chi connectivity index (χ3v) is 4.87. The molecule has 0 bridgehead atoms. The van der Waals surface area contributed by atoms with Crippen LogP contribution >= 0.6 is 0 Å². The molecule has 0 saturated heterocycles. The molecule has 0 unspecified atom stereocenters. The maximum atomic E-state index is 2.45. The highest BCUT2D eigenvalue weighted by molar-refractivity contribution is 6.39. The summed E-state index contributed by atoms with van der Waals surface area (Å²) in [6.07, 6.45) is 2.83. The molecule has 0 rings (SSSR count). The SMILES string of the molecule is CCC[SiH2]C(C)(C)CC(C)C. The zero-order chi connectivity index (χ0) is 8.91. The first-order valence-corrected chi connectivity index (χ1v) is 6.68. The highest BCUT2D eigenvalue weighted by Crippen LogP contribution is 2.32. The van der Waals surface area contributed by atoms with Crippen LogP contribution in [-0.2, 0) is 0 Å². The van der Waals surface area contributed by atoms with Gasteiger partial charge in [0.1, 0.15) is 0 Å². The van der Waals surface area contributed by atoms with Crippen LogP contribution in [-0.4, -0.2) is 9.52 Å². The van der Waals surface area contributed by atoms with Gasteiger partial charge in [0.25, 0.3) is 0 Å². The minimum atomic E-state index is 0.196. The normalized spacial score (nSPS) is 13.6. The lowest BCUT2D eigenvalue weighted by atomic mass is 10.00. The van der Waals surface area contributed by atoms with Crippen molar-refractivity contribution in [1.29, 1.82) is 0 Å². The van der Waals surface area contributed by atoms with Crippen molar-refractivity contribution in [3.63, 3.8) is 0 Å². The van der Waals surface area contributed by atoms with Crippen LogP contribution in [0.4, 0.5) is 0 Å². The molecule has 0 aliphatic carbocycles. The van der Waals surface area contributed by atoms with Gasteiger partial charge in [0.05, 0.1) is 0 Å². The summed E-state index contributed by atoms with van der Waals surface area (Å²) in [7, 11) is 0.196. The van der Waals surface area contributed by atoms with E-state index in [1.807, 2.05) is 0 Å². The topological polar surface area (TPSA) is 0 Å². The zero-order valence-corrected chi connectivity index (χ0v) is 10.3. The van der Waals surface area contributed by atoms with Crippen molar-refractivity contribution in [2.45, 2.75) is 58.5 Å². The Bertz CT molecular complexity index is 95.0. The van der Waals surface area contributed by atoms with Gasteiger partial charge in [-0.25, -0.2) is 0 Å². The summed E-state index contributed by atoms with van der Waals surface area (Å²) in [5, 5.41) is 0.712. The van der Waals surface area contributed by atoms with Crippen LogP contribution in [0.25, 0.3) is 0 Å². The maximum Gasteiger partial charge on any atom is 0.0263 e. The molecule has 0 aliphatic heterocycles. The van der Waals surface area contributed by atoms with Crippen LogP contribution < -0.4 is 0 Å². The van der Waals surface area contributed by atoms with E-state index in [0.717, 1.165) is 5.92 Å². The average Bonchev–Trinajstić information content (AvgIpc) is 1.81. The van der Waals surface area contributed by atoms with Crippen LogP contribution in [0.15, 0.2) is 0 Å². The molecule has 0 aromatic heterocycles. The van der Waals surface area contributed by atoms with Gasteiger partial charge in [-0.3, -0.25) is 0 Å². The van der Waals surface area contributed by atoms with Gasteiger partial charge < -0.3 is 0 Å². The quantitative estimate of drug-likeness (QED) is 0.559. The van der Waals surface area contributed by atoms with E-state index in [4.69, 9.17) is 0 Å². The molecule has 0 aromatic rings. The van der Waals surface area contributed by atoms with Crippen molar-refractivity contribution in [2.75, 3.05) is 0 Å². The molecular formula is C10H24Si. The molecule has 68 valence electrons. The third kappa shape index (κ3) is 6.61. The Morgan fingerprint density at radius 2 is 1.82 bits per heavy atom. The monoisotopic (exact) mass is 172 g/mol. The van der Waals surface area contributed by atoms with Gasteiger partial charge in [-0.2, -0.15) is 0 Å². The van der Waals surface area contributed by atoms with E-state index in [2.05, 4.69) is 34.6 Å². The Kier molecular flexibility index (Phi) is 5.07. The molecule has 1 heteroatoms. The van der Waals surface area contributed by atoms with Gasteiger partial charge in [-0.05, 0) is 17.4 Å². The van der Waals surface area contributed by atoms with E-state index in [0.29, 0.717) is 5.04 Å². The van der Waals surface area contributed by atoms with Crippen molar-refractivity contribution in [2.24, 2.45) is 5.92 Å². The molecular weight excluding hydrogens is 148 g/mol. The minimum absolute atomic E-state index is 0.196. The molecule has 0 N–H and O–H groups in total. The van der Waals surface area contributed by atoms with Gasteiger partial charge in [0, 0.05) is 9.52 Å². The Labute approximate surface area is 74.6 Å². The summed E-state index contributed by atoms with van der Waals surface area (Å²) >= 11 is 0. The number of rotatable bonds is 5. The second kappa shape index (κ2) is 4.97. The van der Waals surface area contributed by atoms with Crippen LogP contribution in [0.1, 0.15) is 47.5 Å². The smallest absolute Gasteiger partial charge is 0.0263 e. The number of hydrogen-bond acceptors (Lipinski definition) is 0. The van der Waals surface area contributed by atoms with Crippen LogP contribution in [0.3, 0.4) is 0 Å². The minimum Gasteiger partial charge on any atom is -0.0657 e. The fourth-order valence-corrected chi connectivity index (χ4v) is 3.95. The zero-order valence-electron chi connectivity index (χ0n) is 8.91. The van der Waals surface area contributed by atoms with E-state index < -0.39 is 0 Å². The Balaban J connectivity index is 3.61. The van der Waals surface area contributed by atoms with E-state index in [1.54, 1.807) is 0 Å². The first-order valence-electron chi connectivity index (χ1n) is 4.98. The van der Waals surface area contributed by atoms with E-state index in [-0.39, 0.29) is 9.52 Å². The first kappa shape index (κ1) is 11.2. The van der Waals surface area contributed by atoms with Gasteiger partial charge in [-0.15, -0.1) is 0 Å². The van der Waals surface area contributed by atoms with Crippen molar-refractivity contribution in [1.82, 2.24) is 0 Å². The third-order valence-electron chi connectivity index (χ3n) is 2.17. The van der Waals surface area contributed by atoms with Crippen LogP contribution in [0.5, 0.6) is 0 Å². The fourth-order valence-electron chi connectivity index (χ4n) is 1.86. The summed E-state index contributed by atoms with van der Waals surface area (Å²) in [5.74, 6) is 0.884. The van der Waals surface area contributed by atoms with Gasteiger partial charge in [-0.1, -0.05) is 47.1 Å². The van der Waals surface area contributed by atoms with Crippen molar-refractivity contribution >= 4 is 9.52 Å². The second-order valence-corrected chi connectivity index (χ2v) is 7.99. The number of hydrogen-bond donors (Lipinski definition) is 0. The van der Waals surface area contributed by atoms with E-state index >= 15 is 0 Å². The molecule has 0 atom stereocenters. The Morgan fingerprint density at radius 3 is 2.18 bits per heavy atom.